The van der Waals surface area contributed by atoms with Gasteiger partial charge in [-0.1, -0.05) is 30.7 Å². The van der Waals surface area contributed by atoms with Gasteiger partial charge in [-0.25, -0.2) is 0 Å². The maximum Gasteiger partial charge on any atom is 0.131 e. The molecule has 0 spiro atoms. The molecule has 0 unspecified atom stereocenters. The Morgan fingerprint density at radius 2 is 2.20 bits per heavy atom. The van der Waals surface area contributed by atoms with Crippen molar-refractivity contribution in [1.29, 1.82) is 0 Å². The van der Waals surface area contributed by atoms with Crippen molar-refractivity contribution in [1.82, 2.24) is 15.1 Å². The van der Waals surface area contributed by atoms with Crippen LogP contribution in [-0.2, 0) is 26.6 Å². The molecule has 0 aliphatic rings. The van der Waals surface area contributed by atoms with Gasteiger partial charge in [-0.05, 0) is 31.2 Å². The summed E-state index contributed by atoms with van der Waals surface area (Å²) in [5.74, 6) is 0.841. The zero-order valence-electron chi connectivity index (χ0n) is 12.1. The van der Waals surface area contributed by atoms with Gasteiger partial charge in [0, 0.05) is 13.6 Å². The summed E-state index contributed by atoms with van der Waals surface area (Å²) in [4.78, 5) is 0. The van der Waals surface area contributed by atoms with Gasteiger partial charge >= 0.3 is 0 Å². The fourth-order valence-corrected chi connectivity index (χ4v) is 2.43. The topological polar surface area (TPSA) is 39.1 Å². The Morgan fingerprint density at radius 1 is 1.40 bits per heavy atom. The number of halogens is 1. The summed E-state index contributed by atoms with van der Waals surface area (Å²) < 4.78 is 7.62. The van der Waals surface area contributed by atoms with Gasteiger partial charge in [-0.3, -0.25) is 4.68 Å². The Labute approximate surface area is 124 Å². The van der Waals surface area contributed by atoms with Gasteiger partial charge in [0.05, 0.1) is 16.4 Å². The number of aromatic nitrogens is 2. The zero-order valence-corrected chi connectivity index (χ0v) is 12.9. The summed E-state index contributed by atoms with van der Waals surface area (Å²) in [6, 6.07) is 8.03. The first-order valence-electron chi connectivity index (χ1n) is 6.72. The van der Waals surface area contributed by atoms with Gasteiger partial charge in [-0.15, -0.1) is 0 Å². The fourth-order valence-electron chi connectivity index (χ4n) is 2.08. The Balaban J connectivity index is 2.09. The minimum absolute atomic E-state index is 0.422. The van der Waals surface area contributed by atoms with Gasteiger partial charge < -0.3 is 10.1 Å². The van der Waals surface area contributed by atoms with E-state index in [1.807, 2.05) is 39.2 Å². The van der Waals surface area contributed by atoms with Crippen molar-refractivity contribution in [3.8, 4) is 5.75 Å². The first kappa shape index (κ1) is 14.9. The van der Waals surface area contributed by atoms with E-state index in [4.69, 9.17) is 16.3 Å². The molecule has 20 heavy (non-hydrogen) atoms. The SMILES string of the molecule is CCc1nn(C)c(COc2cccc(CNC)c2)c1Cl. The van der Waals surface area contributed by atoms with Crippen molar-refractivity contribution >= 4 is 11.6 Å². The van der Waals surface area contributed by atoms with Gasteiger partial charge in [0.15, 0.2) is 0 Å². The van der Waals surface area contributed by atoms with Crippen LogP contribution in [0, 0.1) is 0 Å². The van der Waals surface area contributed by atoms with Crippen LogP contribution in [0.3, 0.4) is 0 Å². The predicted octanol–water partition coefficient (Wildman–Crippen LogP) is 2.93. The molecule has 2 aromatic rings. The molecule has 0 bridgehead atoms. The molecule has 108 valence electrons. The van der Waals surface area contributed by atoms with Crippen LogP contribution in [0.5, 0.6) is 5.75 Å². The van der Waals surface area contributed by atoms with Crippen LogP contribution in [0.1, 0.15) is 23.9 Å². The number of hydrogen-bond acceptors (Lipinski definition) is 3. The molecule has 0 aliphatic carbocycles. The van der Waals surface area contributed by atoms with Crippen molar-refractivity contribution in [2.75, 3.05) is 7.05 Å². The van der Waals surface area contributed by atoms with E-state index in [1.54, 1.807) is 4.68 Å². The molecule has 0 amide bonds. The molecule has 0 atom stereocenters. The van der Waals surface area contributed by atoms with E-state index < -0.39 is 0 Å². The maximum atomic E-state index is 6.30. The van der Waals surface area contributed by atoms with Gasteiger partial charge in [0.2, 0.25) is 0 Å². The lowest BCUT2D eigenvalue weighted by atomic mass is 10.2. The third-order valence-corrected chi connectivity index (χ3v) is 3.59. The molecular formula is C15H20ClN3O. The summed E-state index contributed by atoms with van der Waals surface area (Å²) >= 11 is 6.30. The van der Waals surface area contributed by atoms with Crippen LogP contribution in [0.15, 0.2) is 24.3 Å². The summed E-state index contributed by atoms with van der Waals surface area (Å²) in [7, 11) is 3.82. The highest BCUT2D eigenvalue weighted by molar-refractivity contribution is 6.31. The van der Waals surface area contributed by atoms with E-state index in [0.29, 0.717) is 11.6 Å². The van der Waals surface area contributed by atoms with Crippen molar-refractivity contribution in [2.45, 2.75) is 26.5 Å². The lowest BCUT2D eigenvalue weighted by Crippen LogP contribution is -2.06. The van der Waals surface area contributed by atoms with E-state index >= 15 is 0 Å². The van der Waals surface area contributed by atoms with Gasteiger partial charge in [-0.2, -0.15) is 5.10 Å². The van der Waals surface area contributed by atoms with Crippen LogP contribution < -0.4 is 10.1 Å². The van der Waals surface area contributed by atoms with Crippen molar-refractivity contribution in [3.05, 3.63) is 46.2 Å². The average molecular weight is 294 g/mol. The van der Waals surface area contributed by atoms with Crippen molar-refractivity contribution < 1.29 is 4.74 Å². The molecule has 0 aliphatic heterocycles. The summed E-state index contributed by atoms with van der Waals surface area (Å²) in [5.41, 5.74) is 3.01. The van der Waals surface area contributed by atoms with Crippen LogP contribution in [0.25, 0.3) is 0 Å². The standard InChI is InChI=1S/C15H20ClN3O/c1-4-13-15(16)14(19(3)18-13)10-20-12-7-5-6-11(8-12)9-17-2/h5-8,17H,4,9-10H2,1-3H3. The number of ether oxygens (including phenoxy) is 1. The Kier molecular flexibility index (Phi) is 5.04. The van der Waals surface area contributed by atoms with E-state index in [1.165, 1.54) is 5.56 Å². The molecule has 1 N–H and O–H groups in total. The molecule has 0 saturated carbocycles. The quantitative estimate of drug-likeness (QED) is 0.890. The fraction of sp³-hybridized carbons (Fsp3) is 0.400. The second-order valence-corrected chi connectivity index (χ2v) is 5.03. The van der Waals surface area contributed by atoms with E-state index in [9.17, 15) is 0 Å². The highest BCUT2D eigenvalue weighted by Gasteiger charge is 2.13. The zero-order chi connectivity index (χ0) is 14.5. The van der Waals surface area contributed by atoms with Gasteiger partial charge in [0.1, 0.15) is 12.4 Å². The molecule has 1 aromatic heterocycles. The summed E-state index contributed by atoms with van der Waals surface area (Å²) in [5, 5.41) is 8.22. The lowest BCUT2D eigenvalue weighted by molar-refractivity contribution is 0.294. The average Bonchev–Trinajstić information content (AvgIpc) is 2.72. The van der Waals surface area contributed by atoms with Crippen LogP contribution in [0.4, 0.5) is 0 Å². The Hall–Kier alpha value is -1.52. The maximum absolute atomic E-state index is 6.30. The minimum atomic E-state index is 0.422. The van der Waals surface area contributed by atoms with Crippen LogP contribution in [-0.4, -0.2) is 16.8 Å². The molecule has 0 saturated heterocycles. The molecule has 0 fully saturated rings. The third-order valence-electron chi connectivity index (χ3n) is 3.16. The summed E-state index contributed by atoms with van der Waals surface area (Å²) in [6.07, 6.45) is 0.824. The second kappa shape index (κ2) is 6.77. The molecule has 1 heterocycles. The van der Waals surface area contributed by atoms with Crippen molar-refractivity contribution in [3.63, 3.8) is 0 Å². The monoisotopic (exact) mass is 293 g/mol. The number of benzene rings is 1. The van der Waals surface area contributed by atoms with E-state index in [2.05, 4.69) is 16.5 Å². The van der Waals surface area contributed by atoms with Crippen LogP contribution >= 0.6 is 11.6 Å². The normalized spacial score (nSPS) is 10.8. The summed E-state index contributed by atoms with van der Waals surface area (Å²) in [6.45, 7) is 3.29. The smallest absolute Gasteiger partial charge is 0.131 e. The number of nitrogens with zero attached hydrogens (tertiary/aromatic N) is 2. The highest BCUT2D eigenvalue weighted by Crippen LogP contribution is 2.23. The molecule has 2 rings (SSSR count). The second-order valence-electron chi connectivity index (χ2n) is 4.65. The molecule has 5 heteroatoms. The first-order valence-corrected chi connectivity index (χ1v) is 7.10. The first-order chi connectivity index (χ1) is 9.65. The van der Waals surface area contributed by atoms with Crippen LogP contribution in [0.2, 0.25) is 5.02 Å². The highest BCUT2D eigenvalue weighted by atomic mass is 35.5. The molecular weight excluding hydrogens is 274 g/mol. The number of aryl methyl sites for hydroxylation is 2. The Bertz CT molecular complexity index is 580. The van der Waals surface area contributed by atoms with E-state index in [0.717, 1.165) is 30.1 Å². The molecule has 1 aromatic carbocycles. The van der Waals surface area contributed by atoms with E-state index in [-0.39, 0.29) is 0 Å². The minimum Gasteiger partial charge on any atom is -0.487 e. The molecule has 0 radical (unpaired) electrons. The molecule has 4 nitrogen and oxygen atoms in total. The number of rotatable bonds is 6. The number of nitrogens with one attached hydrogen (secondary N) is 1. The Morgan fingerprint density at radius 3 is 2.85 bits per heavy atom. The number of hydrogen-bond donors (Lipinski definition) is 1. The predicted molar refractivity (Wildman–Crippen MR) is 81.1 cm³/mol. The van der Waals surface area contributed by atoms with Gasteiger partial charge in [0.25, 0.3) is 0 Å². The third kappa shape index (κ3) is 3.32. The van der Waals surface area contributed by atoms with Crippen molar-refractivity contribution in [2.24, 2.45) is 7.05 Å². The largest absolute Gasteiger partial charge is 0.487 e. The lowest BCUT2D eigenvalue weighted by Gasteiger charge is -2.08.